The molecule has 0 saturated heterocycles. The topological polar surface area (TPSA) is 15.6 Å². The van der Waals surface area contributed by atoms with E-state index in [-0.39, 0.29) is 5.82 Å². The van der Waals surface area contributed by atoms with Crippen molar-refractivity contribution >= 4 is 22.9 Å². The van der Waals surface area contributed by atoms with Gasteiger partial charge in [0.2, 0.25) is 0 Å². The minimum atomic E-state index is -0.270. The van der Waals surface area contributed by atoms with Gasteiger partial charge in [-0.2, -0.15) is 0 Å². The molecule has 0 aliphatic carbocycles. The number of aliphatic imine (C=N–C) groups is 1. The van der Waals surface area contributed by atoms with E-state index in [1.807, 2.05) is 35.2 Å². The molecule has 0 radical (unpaired) electrons. The lowest BCUT2D eigenvalue weighted by Crippen LogP contribution is -2.30. The third-order valence-electron chi connectivity index (χ3n) is 3.38. The van der Waals surface area contributed by atoms with Crippen LogP contribution in [0.4, 0.5) is 15.8 Å². The highest BCUT2D eigenvalue weighted by atomic mass is 19.1. The largest absolute Gasteiger partial charge is 0.298 e. The summed E-state index contributed by atoms with van der Waals surface area (Å²) < 4.78 is 13.5. The minimum absolute atomic E-state index is 0.270. The van der Waals surface area contributed by atoms with E-state index in [0.29, 0.717) is 0 Å². The van der Waals surface area contributed by atoms with Gasteiger partial charge in [-0.05, 0) is 30.3 Å². The fourth-order valence-corrected chi connectivity index (χ4v) is 2.42. The van der Waals surface area contributed by atoms with Gasteiger partial charge < -0.3 is 0 Å². The van der Waals surface area contributed by atoms with Gasteiger partial charge in [0.1, 0.15) is 11.7 Å². The molecule has 1 heterocycles. The highest BCUT2D eigenvalue weighted by molar-refractivity contribution is 6.12. The number of amidine groups is 1. The first kappa shape index (κ1) is 12.6. The summed E-state index contributed by atoms with van der Waals surface area (Å²) >= 11 is 0. The number of halogens is 1. The molecule has 0 N–H and O–H groups in total. The normalized spacial score (nSPS) is 14.0. The third kappa shape index (κ3) is 2.01. The van der Waals surface area contributed by atoms with Crippen LogP contribution in [0, 0.1) is 5.82 Å². The van der Waals surface area contributed by atoms with Crippen molar-refractivity contribution in [3.8, 4) is 0 Å². The number of hydrogen-bond acceptors (Lipinski definition) is 2. The van der Waals surface area contributed by atoms with Crippen LogP contribution in [-0.2, 0) is 0 Å². The molecule has 100 valence electrons. The third-order valence-corrected chi connectivity index (χ3v) is 3.38. The Morgan fingerprint density at radius 3 is 2.60 bits per heavy atom. The standard InChI is InChI=1S/C17H15FN2/c1-3-17-19-16-10-9-13(18)11-15(16)12(2)20(17)14-7-5-4-6-8-14/h4-11H,2-3H2,1H3. The van der Waals surface area contributed by atoms with E-state index in [2.05, 4.69) is 18.5 Å². The van der Waals surface area contributed by atoms with Crippen LogP contribution in [-0.4, -0.2) is 5.84 Å². The van der Waals surface area contributed by atoms with Gasteiger partial charge >= 0.3 is 0 Å². The lowest BCUT2D eigenvalue weighted by Gasteiger charge is -2.32. The first-order chi connectivity index (χ1) is 9.70. The Morgan fingerprint density at radius 1 is 1.15 bits per heavy atom. The van der Waals surface area contributed by atoms with Gasteiger partial charge in [0.25, 0.3) is 0 Å². The van der Waals surface area contributed by atoms with Crippen LogP contribution in [0.15, 0.2) is 60.1 Å². The fraction of sp³-hybridized carbons (Fsp3) is 0.118. The monoisotopic (exact) mass is 266 g/mol. The van der Waals surface area contributed by atoms with E-state index in [9.17, 15) is 4.39 Å². The summed E-state index contributed by atoms with van der Waals surface area (Å²) in [5.41, 5.74) is 3.28. The molecule has 0 fully saturated rings. The summed E-state index contributed by atoms with van der Waals surface area (Å²) in [4.78, 5) is 6.62. The SMILES string of the molecule is C=C1c2cc(F)ccc2N=C(CC)N1c1ccccc1. The van der Waals surface area contributed by atoms with Crippen molar-refractivity contribution in [3.05, 3.63) is 66.5 Å². The number of nitrogens with zero attached hydrogens (tertiary/aromatic N) is 2. The minimum Gasteiger partial charge on any atom is -0.298 e. The van der Waals surface area contributed by atoms with Crippen molar-refractivity contribution in [2.45, 2.75) is 13.3 Å². The zero-order valence-electron chi connectivity index (χ0n) is 11.3. The van der Waals surface area contributed by atoms with Crippen molar-refractivity contribution in [1.29, 1.82) is 0 Å². The van der Waals surface area contributed by atoms with Gasteiger partial charge in [0, 0.05) is 23.4 Å². The molecule has 0 bridgehead atoms. The summed E-state index contributed by atoms with van der Waals surface area (Å²) in [6, 6.07) is 14.5. The van der Waals surface area contributed by atoms with E-state index < -0.39 is 0 Å². The Kier molecular flexibility index (Phi) is 3.11. The van der Waals surface area contributed by atoms with Crippen molar-refractivity contribution < 1.29 is 4.39 Å². The maximum Gasteiger partial charge on any atom is 0.124 e. The van der Waals surface area contributed by atoms with Gasteiger partial charge in [0.15, 0.2) is 0 Å². The van der Waals surface area contributed by atoms with Crippen LogP contribution >= 0.6 is 0 Å². The molecule has 0 unspecified atom stereocenters. The molecule has 1 aliphatic rings. The number of fused-ring (bicyclic) bond motifs is 1. The van der Waals surface area contributed by atoms with Crippen LogP contribution in [0.1, 0.15) is 18.9 Å². The Bertz CT molecular complexity index is 689. The maximum absolute atomic E-state index is 13.5. The van der Waals surface area contributed by atoms with Crippen LogP contribution in [0.5, 0.6) is 0 Å². The van der Waals surface area contributed by atoms with Crippen LogP contribution in [0.2, 0.25) is 0 Å². The fourth-order valence-electron chi connectivity index (χ4n) is 2.42. The second kappa shape index (κ2) is 4.93. The summed E-state index contributed by atoms with van der Waals surface area (Å²) in [5, 5.41) is 0. The second-order valence-electron chi connectivity index (χ2n) is 4.66. The smallest absolute Gasteiger partial charge is 0.124 e. The van der Waals surface area contributed by atoms with Crippen LogP contribution in [0.3, 0.4) is 0 Å². The van der Waals surface area contributed by atoms with Gasteiger partial charge in [-0.3, -0.25) is 4.90 Å². The molecule has 0 saturated carbocycles. The number of benzene rings is 2. The number of anilines is 1. The molecule has 3 rings (SSSR count). The molecular weight excluding hydrogens is 251 g/mol. The van der Waals surface area contributed by atoms with Crippen molar-refractivity contribution in [2.75, 3.05) is 4.90 Å². The average molecular weight is 266 g/mol. The molecule has 0 atom stereocenters. The quantitative estimate of drug-likeness (QED) is 0.765. The summed E-state index contributed by atoms with van der Waals surface area (Å²) in [6.45, 7) is 6.18. The van der Waals surface area contributed by atoms with E-state index in [4.69, 9.17) is 0 Å². The molecule has 2 aromatic carbocycles. The Morgan fingerprint density at radius 2 is 1.90 bits per heavy atom. The van der Waals surface area contributed by atoms with Gasteiger partial charge in [0.05, 0.1) is 5.69 Å². The molecule has 2 aromatic rings. The predicted molar refractivity (Wildman–Crippen MR) is 81.7 cm³/mol. The molecule has 20 heavy (non-hydrogen) atoms. The molecule has 0 amide bonds. The van der Waals surface area contributed by atoms with E-state index in [1.165, 1.54) is 12.1 Å². The number of hydrogen-bond donors (Lipinski definition) is 0. The van der Waals surface area contributed by atoms with Crippen molar-refractivity contribution in [1.82, 2.24) is 0 Å². The van der Waals surface area contributed by atoms with Crippen LogP contribution in [0.25, 0.3) is 5.70 Å². The maximum atomic E-state index is 13.5. The lowest BCUT2D eigenvalue weighted by molar-refractivity contribution is 0.627. The second-order valence-corrected chi connectivity index (χ2v) is 4.66. The highest BCUT2D eigenvalue weighted by Crippen LogP contribution is 2.37. The zero-order chi connectivity index (χ0) is 14.1. The summed E-state index contributed by atoms with van der Waals surface area (Å²) in [7, 11) is 0. The Hall–Kier alpha value is -2.42. The molecule has 3 heteroatoms. The molecule has 1 aliphatic heterocycles. The number of para-hydroxylation sites is 1. The average Bonchev–Trinajstić information content (AvgIpc) is 2.48. The first-order valence-electron chi connectivity index (χ1n) is 6.62. The highest BCUT2D eigenvalue weighted by Gasteiger charge is 2.24. The van der Waals surface area contributed by atoms with E-state index in [1.54, 1.807) is 6.07 Å². The molecule has 0 spiro atoms. The van der Waals surface area contributed by atoms with Gasteiger partial charge in [-0.25, -0.2) is 9.38 Å². The van der Waals surface area contributed by atoms with Crippen molar-refractivity contribution in [3.63, 3.8) is 0 Å². The Balaban J connectivity index is 2.16. The summed E-state index contributed by atoms with van der Waals surface area (Å²) in [5.74, 6) is 0.647. The van der Waals surface area contributed by atoms with Crippen LogP contribution < -0.4 is 4.90 Å². The number of rotatable bonds is 2. The van der Waals surface area contributed by atoms with Gasteiger partial charge in [-0.15, -0.1) is 0 Å². The van der Waals surface area contributed by atoms with E-state index >= 15 is 0 Å². The first-order valence-corrected chi connectivity index (χ1v) is 6.62. The molecule has 0 aromatic heterocycles. The lowest BCUT2D eigenvalue weighted by atomic mass is 10.1. The molecule has 2 nitrogen and oxygen atoms in total. The van der Waals surface area contributed by atoms with Crippen molar-refractivity contribution in [2.24, 2.45) is 4.99 Å². The summed E-state index contributed by atoms with van der Waals surface area (Å²) in [6.07, 6.45) is 0.782. The Labute approximate surface area is 117 Å². The molecular formula is C17H15FN2. The zero-order valence-corrected chi connectivity index (χ0v) is 11.3. The van der Waals surface area contributed by atoms with Gasteiger partial charge in [-0.1, -0.05) is 31.7 Å². The van der Waals surface area contributed by atoms with E-state index in [0.717, 1.165) is 34.9 Å². The predicted octanol–water partition coefficient (Wildman–Crippen LogP) is 4.76.